The highest BCUT2D eigenvalue weighted by molar-refractivity contribution is 7.80. The van der Waals surface area contributed by atoms with Crippen LogP contribution in [0.1, 0.15) is 22.7 Å². The van der Waals surface area contributed by atoms with Crippen molar-refractivity contribution in [3.05, 3.63) is 76.4 Å². The number of methoxy groups -OCH3 is 1. The first-order valence-corrected chi connectivity index (χ1v) is 8.69. The van der Waals surface area contributed by atoms with E-state index in [9.17, 15) is 18.4 Å². The van der Waals surface area contributed by atoms with E-state index in [2.05, 4.69) is 15.4 Å². The Morgan fingerprint density at radius 1 is 1.07 bits per heavy atom. The Morgan fingerprint density at radius 2 is 1.68 bits per heavy atom. The van der Waals surface area contributed by atoms with Gasteiger partial charge in [0.1, 0.15) is 11.6 Å². The van der Waals surface area contributed by atoms with Gasteiger partial charge in [-0.2, -0.15) is 0 Å². The largest absolute Gasteiger partial charge is 0.463 e. The maximum atomic E-state index is 14.5. The molecule has 2 aromatic rings. The van der Waals surface area contributed by atoms with Crippen LogP contribution in [0.5, 0.6) is 0 Å². The standard InChI is InChI=1S/C20H16F2N2O3S/c1-10-6-8-11(9-7-10)16-15(18(25)19(26)27-2)17(24-20(28)23-16)14-12(21)4-3-5-13(14)22/h3-9,17H,1-2H3,(H2,23,24,28)/t17-/m0/s1. The molecule has 1 atom stereocenters. The van der Waals surface area contributed by atoms with E-state index in [1.54, 1.807) is 24.3 Å². The summed E-state index contributed by atoms with van der Waals surface area (Å²) in [7, 11) is 1.05. The highest BCUT2D eigenvalue weighted by Crippen LogP contribution is 2.34. The molecule has 144 valence electrons. The number of Topliss-reactive ketones (excluding diaryl/α,β-unsaturated/α-hetero) is 1. The summed E-state index contributed by atoms with van der Waals surface area (Å²) in [5, 5.41) is 5.58. The van der Waals surface area contributed by atoms with E-state index in [0.717, 1.165) is 24.8 Å². The molecular weight excluding hydrogens is 386 g/mol. The number of nitrogens with one attached hydrogen (secondary N) is 2. The predicted molar refractivity (Wildman–Crippen MR) is 103 cm³/mol. The Labute approximate surface area is 165 Å². The van der Waals surface area contributed by atoms with Crippen molar-refractivity contribution < 1.29 is 23.1 Å². The fraction of sp³-hybridized carbons (Fsp3) is 0.150. The van der Waals surface area contributed by atoms with Gasteiger partial charge >= 0.3 is 5.97 Å². The lowest BCUT2D eigenvalue weighted by Gasteiger charge is -2.31. The van der Waals surface area contributed by atoms with Crippen LogP contribution in [0, 0.1) is 18.6 Å². The number of halogens is 2. The number of aryl methyl sites for hydroxylation is 1. The van der Waals surface area contributed by atoms with Gasteiger partial charge in [-0.1, -0.05) is 35.9 Å². The zero-order valence-corrected chi connectivity index (χ0v) is 15.8. The zero-order chi connectivity index (χ0) is 20.4. The molecule has 0 saturated heterocycles. The first kappa shape index (κ1) is 19.6. The average Bonchev–Trinajstić information content (AvgIpc) is 2.67. The molecular formula is C20H16F2N2O3S. The third-order valence-electron chi connectivity index (χ3n) is 4.32. The topological polar surface area (TPSA) is 67.4 Å². The minimum atomic E-state index is -1.31. The quantitative estimate of drug-likeness (QED) is 0.466. The van der Waals surface area contributed by atoms with Gasteiger partial charge in [-0.15, -0.1) is 0 Å². The van der Waals surface area contributed by atoms with Crippen molar-refractivity contribution in [2.24, 2.45) is 0 Å². The van der Waals surface area contributed by atoms with E-state index in [1.807, 2.05) is 6.92 Å². The van der Waals surface area contributed by atoms with Crippen LogP contribution in [-0.2, 0) is 14.3 Å². The second-order valence-corrected chi connectivity index (χ2v) is 6.55. The summed E-state index contributed by atoms with van der Waals surface area (Å²) in [4.78, 5) is 24.8. The van der Waals surface area contributed by atoms with E-state index in [-0.39, 0.29) is 16.4 Å². The van der Waals surface area contributed by atoms with Crippen LogP contribution in [0.15, 0.2) is 48.0 Å². The summed E-state index contributed by atoms with van der Waals surface area (Å²) in [5.74, 6) is -3.94. The molecule has 0 aliphatic carbocycles. The first-order valence-electron chi connectivity index (χ1n) is 8.28. The fourth-order valence-corrected chi connectivity index (χ4v) is 3.18. The number of carbonyl (C=O) groups excluding carboxylic acids is 2. The zero-order valence-electron chi connectivity index (χ0n) is 15.0. The molecule has 28 heavy (non-hydrogen) atoms. The Morgan fingerprint density at radius 3 is 2.25 bits per heavy atom. The summed E-state index contributed by atoms with van der Waals surface area (Å²) in [6, 6.07) is 9.06. The van der Waals surface area contributed by atoms with E-state index in [1.165, 1.54) is 6.07 Å². The van der Waals surface area contributed by atoms with E-state index in [0.29, 0.717) is 5.56 Å². The highest BCUT2D eigenvalue weighted by atomic mass is 32.1. The van der Waals surface area contributed by atoms with Crippen LogP contribution in [0.3, 0.4) is 0 Å². The number of rotatable bonds is 4. The van der Waals surface area contributed by atoms with E-state index in [4.69, 9.17) is 12.2 Å². The van der Waals surface area contributed by atoms with Gasteiger partial charge in [0, 0.05) is 0 Å². The third kappa shape index (κ3) is 3.63. The van der Waals surface area contributed by atoms with Gasteiger partial charge in [-0.25, -0.2) is 13.6 Å². The predicted octanol–water partition coefficient (Wildman–Crippen LogP) is 2.95. The van der Waals surface area contributed by atoms with Gasteiger partial charge in [0.25, 0.3) is 5.78 Å². The molecule has 1 aliphatic heterocycles. The van der Waals surface area contributed by atoms with Gasteiger partial charge in [0.05, 0.1) is 30.0 Å². The van der Waals surface area contributed by atoms with Crippen LogP contribution >= 0.6 is 12.2 Å². The van der Waals surface area contributed by atoms with Crippen molar-refractivity contribution in [3.63, 3.8) is 0 Å². The van der Waals surface area contributed by atoms with Crippen molar-refractivity contribution in [3.8, 4) is 0 Å². The Balaban J connectivity index is 2.29. The van der Waals surface area contributed by atoms with Crippen molar-refractivity contribution in [2.45, 2.75) is 13.0 Å². The van der Waals surface area contributed by atoms with Crippen LogP contribution < -0.4 is 10.6 Å². The molecule has 2 aromatic carbocycles. The first-order chi connectivity index (χ1) is 13.3. The minimum absolute atomic E-state index is 0.0599. The number of benzene rings is 2. The number of hydrogen-bond donors (Lipinski definition) is 2. The molecule has 1 aliphatic rings. The molecule has 0 bridgehead atoms. The number of esters is 1. The van der Waals surface area contributed by atoms with Gasteiger partial charge in [0.2, 0.25) is 0 Å². The summed E-state index contributed by atoms with van der Waals surface area (Å²) in [5.41, 5.74) is 1.09. The van der Waals surface area contributed by atoms with Gasteiger partial charge in [-0.3, -0.25) is 4.79 Å². The maximum absolute atomic E-state index is 14.5. The second-order valence-electron chi connectivity index (χ2n) is 6.14. The third-order valence-corrected chi connectivity index (χ3v) is 4.54. The monoisotopic (exact) mass is 402 g/mol. The summed E-state index contributed by atoms with van der Waals surface area (Å²) in [6.45, 7) is 1.89. The molecule has 0 radical (unpaired) electrons. The number of ketones is 1. The Hall–Kier alpha value is -3.13. The SMILES string of the molecule is COC(=O)C(=O)C1=C(c2ccc(C)cc2)NC(=S)N[C@H]1c1c(F)cccc1F. The Kier molecular flexibility index (Phi) is 5.51. The van der Waals surface area contributed by atoms with Crippen LogP contribution in [0.2, 0.25) is 0 Å². The normalized spacial score (nSPS) is 16.3. The van der Waals surface area contributed by atoms with Crippen molar-refractivity contribution >= 4 is 34.8 Å². The van der Waals surface area contributed by atoms with Gasteiger partial charge in [-0.05, 0) is 36.8 Å². The molecule has 0 unspecified atom stereocenters. The fourth-order valence-electron chi connectivity index (χ4n) is 2.96. The highest BCUT2D eigenvalue weighted by Gasteiger charge is 2.38. The van der Waals surface area contributed by atoms with Crippen molar-refractivity contribution in [2.75, 3.05) is 7.11 Å². The second kappa shape index (κ2) is 7.85. The molecule has 3 rings (SSSR count). The lowest BCUT2D eigenvalue weighted by molar-refractivity contribution is -0.150. The number of ether oxygens (including phenoxy) is 1. The molecule has 5 nitrogen and oxygen atoms in total. The Bertz CT molecular complexity index is 983. The molecule has 8 heteroatoms. The van der Waals surface area contributed by atoms with E-state index >= 15 is 0 Å². The lowest BCUT2D eigenvalue weighted by atomic mass is 9.89. The molecule has 0 amide bonds. The number of carbonyl (C=O) groups is 2. The van der Waals surface area contributed by atoms with Gasteiger partial charge < -0.3 is 15.4 Å². The van der Waals surface area contributed by atoms with Crippen molar-refractivity contribution in [1.29, 1.82) is 0 Å². The summed E-state index contributed by atoms with van der Waals surface area (Å²) in [6.07, 6.45) is 0. The smallest absolute Gasteiger partial charge is 0.379 e. The summed E-state index contributed by atoms with van der Waals surface area (Å²) < 4.78 is 33.5. The summed E-state index contributed by atoms with van der Waals surface area (Å²) >= 11 is 5.18. The number of thiocarbonyl (C=S) groups is 1. The van der Waals surface area contributed by atoms with Crippen LogP contribution in [0.25, 0.3) is 5.70 Å². The maximum Gasteiger partial charge on any atom is 0.379 e. The van der Waals surface area contributed by atoms with Crippen molar-refractivity contribution in [1.82, 2.24) is 10.6 Å². The van der Waals surface area contributed by atoms with Crippen LogP contribution in [0.4, 0.5) is 8.78 Å². The molecule has 0 aromatic heterocycles. The lowest BCUT2D eigenvalue weighted by Crippen LogP contribution is -2.46. The van der Waals surface area contributed by atoms with Crippen LogP contribution in [-0.4, -0.2) is 24.0 Å². The molecule has 0 spiro atoms. The average molecular weight is 402 g/mol. The molecule has 0 fully saturated rings. The van der Waals surface area contributed by atoms with Gasteiger partial charge in [0.15, 0.2) is 5.11 Å². The molecule has 2 N–H and O–H groups in total. The minimum Gasteiger partial charge on any atom is -0.463 e. The molecule has 1 heterocycles. The number of hydrogen-bond acceptors (Lipinski definition) is 4. The molecule has 0 saturated carbocycles. The van der Waals surface area contributed by atoms with E-state index < -0.39 is 35.0 Å².